The molecule has 41 heavy (non-hydrogen) atoms. The normalized spacial score (nSPS) is 12.5. The Bertz CT molecular complexity index is 1930. The van der Waals surface area contributed by atoms with Gasteiger partial charge in [-0.15, -0.1) is 0 Å². The number of imidazole rings is 1. The summed E-state index contributed by atoms with van der Waals surface area (Å²) in [5.74, 6) is 5.08. The van der Waals surface area contributed by atoms with E-state index in [2.05, 4.69) is 21.8 Å². The number of carboxylic acids is 1. The second-order valence-corrected chi connectivity index (χ2v) is 10.3. The molecule has 6 rings (SSSR count). The van der Waals surface area contributed by atoms with Crippen molar-refractivity contribution in [3.8, 4) is 40.0 Å². The second-order valence-electron chi connectivity index (χ2n) is 10.3. The molecule has 1 aromatic carbocycles. The third-order valence-electron chi connectivity index (χ3n) is 7.71. The first kappa shape index (κ1) is 26.3. The van der Waals surface area contributed by atoms with Gasteiger partial charge >= 0.3 is 5.97 Å². The van der Waals surface area contributed by atoms with Crippen molar-refractivity contribution >= 4 is 17.0 Å². The van der Waals surface area contributed by atoms with E-state index < -0.39 is 11.8 Å². The molecule has 0 amide bonds. The van der Waals surface area contributed by atoms with Crippen LogP contribution in [0.5, 0.6) is 5.75 Å². The lowest BCUT2D eigenvalue weighted by atomic mass is 9.87. The maximum Gasteiger partial charge on any atom is 0.307 e. The summed E-state index contributed by atoms with van der Waals surface area (Å²) in [5.41, 5.74) is 8.00. The van der Waals surface area contributed by atoms with Crippen LogP contribution in [-0.2, 0) is 31.7 Å². The zero-order valence-electron chi connectivity index (χ0n) is 23.2. The number of halogens is 1. The van der Waals surface area contributed by atoms with Crippen LogP contribution in [0.4, 0.5) is 4.39 Å². The highest BCUT2D eigenvalue weighted by Crippen LogP contribution is 2.43. The summed E-state index contributed by atoms with van der Waals surface area (Å²) < 4.78 is 24.9. The van der Waals surface area contributed by atoms with Crippen molar-refractivity contribution in [2.75, 3.05) is 6.61 Å². The minimum atomic E-state index is -0.975. The molecule has 5 aromatic rings. The first-order valence-electron chi connectivity index (χ1n) is 13.3. The fourth-order valence-electron chi connectivity index (χ4n) is 5.62. The molecule has 0 saturated carbocycles. The Morgan fingerprint density at radius 1 is 1.20 bits per heavy atom. The maximum atomic E-state index is 15.4. The van der Waals surface area contributed by atoms with E-state index in [4.69, 9.17) is 9.72 Å². The number of hydrogen-bond donors (Lipinski definition) is 1. The topological polar surface area (TPSA) is 95.1 Å². The molecule has 1 aliphatic heterocycles. The van der Waals surface area contributed by atoms with Gasteiger partial charge in [-0.05, 0) is 85.0 Å². The molecule has 1 N–H and O–H groups in total. The zero-order valence-corrected chi connectivity index (χ0v) is 23.2. The van der Waals surface area contributed by atoms with Crippen LogP contribution in [0.2, 0.25) is 0 Å². The van der Waals surface area contributed by atoms with Gasteiger partial charge in [0.1, 0.15) is 17.0 Å². The number of aliphatic carboxylic acids is 1. The number of nitrogens with zero attached hydrogens (tertiary/aromatic N) is 5. The Morgan fingerprint density at radius 2 is 2.02 bits per heavy atom. The van der Waals surface area contributed by atoms with E-state index in [0.717, 1.165) is 39.9 Å². The number of rotatable bonds is 4. The van der Waals surface area contributed by atoms with Crippen molar-refractivity contribution in [1.29, 1.82) is 0 Å². The average molecular weight is 550 g/mol. The van der Waals surface area contributed by atoms with Crippen LogP contribution in [0.25, 0.3) is 33.4 Å². The van der Waals surface area contributed by atoms with Crippen LogP contribution in [0.3, 0.4) is 0 Å². The number of aromatic nitrogens is 5. The number of aryl methyl sites for hydroxylation is 3. The van der Waals surface area contributed by atoms with Crippen LogP contribution in [0.15, 0.2) is 43.0 Å². The highest BCUT2D eigenvalue weighted by Gasteiger charge is 2.26. The van der Waals surface area contributed by atoms with Crippen LogP contribution in [0.1, 0.15) is 40.2 Å². The first-order chi connectivity index (χ1) is 19.7. The van der Waals surface area contributed by atoms with Crippen LogP contribution in [-0.4, -0.2) is 41.8 Å². The van der Waals surface area contributed by atoms with Gasteiger partial charge in [-0.3, -0.25) is 4.79 Å². The third kappa shape index (κ3) is 4.61. The molecule has 9 heteroatoms. The van der Waals surface area contributed by atoms with Crippen molar-refractivity contribution in [2.24, 2.45) is 14.1 Å². The molecule has 0 saturated heterocycles. The summed E-state index contributed by atoms with van der Waals surface area (Å²) in [6, 6.07) is 7.27. The van der Waals surface area contributed by atoms with Gasteiger partial charge in [0.05, 0.1) is 31.2 Å². The van der Waals surface area contributed by atoms with Crippen molar-refractivity contribution in [3.63, 3.8) is 0 Å². The Kier molecular flexibility index (Phi) is 6.54. The largest absolute Gasteiger partial charge is 0.490 e. The van der Waals surface area contributed by atoms with Gasteiger partial charge in [-0.2, -0.15) is 0 Å². The lowest BCUT2D eigenvalue weighted by molar-refractivity contribution is -0.136. The minimum absolute atomic E-state index is 0.230. The van der Waals surface area contributed by atoms with Crippen LogP contribution in [0, 0.1) is 31.5 Å². The quantitative estimate of drug-likeness (QED) is 0.312. The standard InChI is InChI=1S/C32H28FN5O3/c1-18-23-6-5-11-41-31(23)27(33)13-24(18)30-25(15-29(39)40)19(2)36-32-26(30)14-28(38(32)4)20-9-10-35-21(12-20)7-8-22-16-34-17-37(22)3/h9-10,12-14,16-17H,5-6,11,15H2,1-4H3,(H,39,40). The smallest absolute Gasteiger partial charge is 0.307 e. The van der Waals surface area contributed by atoms with Gasteiger partial charge in [-0.25, -0.2) is 19.3 Å². The number of fused-ring (bicyclic) bond motifs is 2. The van der Waals surface area contributed by atoms with Gasteiger partial charge in [0, 0.05) is 42.5 Å². The van der Waals surface area contributed by atoms with Gasteiger partial charge in [0.25, 0.3) is 0 Å². The molecule has 1 aliphatic rings. The predicted octanol–water partition coefficient (Wildman–Crippen LogP) is 5.14. The monoisotopic (exact) mass is 549 g/mol. The highest BCUT2D eigenvalue weighted by molar-refractivity contribution is 6.00. The highest BCUT2D eigenvalue weighted by atomic mass is 19.1. The number of benzene rings is 1. The molecule has 0 unspecified atom stereocenters. The van der Waals surface area contributed by atoms with E-state index in [-0.39, 0.29) is 6.42 Å². The van der Waals surface area contributed by atoms with E-state index >= 15 is 4.39 Å². The van der Waals surface area contributed by atoms with Gasteiger partial charge in [0.15, 0.2) is 11.6 Å². The lowest BCUT2D eigenvalue weighted by Crippen LogP contribution is -2.13. The van der Waals surface area contributed by atoms with Crippen molar-refractivity contribution < 1.29 is 19.0 Å². The fourth-order valence-corrected chi connectivity index (χ4v) is 5.62. The molecule has 8 nitrogen and oxygen atoms in total. The van der Waals surface area contributed by atoms with Gasteiger partial charge in [0.2, 0.25) is 0 Å². The van der Waals surface area contributed by atoms with Crippen molar-refractivity contribution in [2.45, 2.75) is 33.1 Å². The number of pyridine rings is 2. The van der Waals surface area contributed by atoms with E-state index in [1.807, 2.05) is 48.4 Å². The summed E-state index contributed by atoms with van der Waals surface area (Å²) >= 11 is 0. The SMILES string of the molecule is Cc1nc2c(cc(-c3ccnc(C#Cc4cncn4C)c3)n2C)c(-c2cc(F)c3c(c2C)CCCO3)c1CC(=O)O. The van der Waals surface area contributed by atoms with E-state index in [9.17, 15) is 9.90 Å². The third-order valence-corrected chi connectivity index (χ3v) is 7.71. The molecule has 0 spiro atoms. The summed E-state index contributed by atoms with van der Waals surface area (Å²) in [4.78, 5) is 25.3. The van der Waals surface area contributed by atoms with Gasteiger partial charge < -0.3 is 19.0 Å². The Morgan fingerprint density at radius 3 is 2.78 bits per heavy atom. The Hall–Kier alpha value is -4.97. The number of ether oxygens (including phenoxy) is 1. The zero-order chi connectivity index (χ0) is 28.8. The molecule has 5 heterocycles. The molecular formula is C32H28FN5O3. The van der Waals surface area contributed by atoms with Crippen LogP contribution >= 0.6 is 0 Å². The molecule has 0 fully saturated rings. The molecule has 0 aliphatic carbocycles. The van der Waals surface area contributed by atoms with Crippen molar-refractivity contribution in [1.82, 2.24) is 24.1 Å². The Balaban J connectivity index is 1.57. The summed E-state index contributed by atoms with van der Waals surface area (Å²) in [7, 11) is 3.80. The number of carboxylic acid groups (broad SMARTS) is 1. The van der Waals surface area contributed by atoms with Gasteiger partial charge in [-0.1, -0.05) is 0 Å². The van der Waals surface area contributed by atoms with E-state index in [1.165, 1.54) is 6.07 Å². The summed E-state index contributed by atoms with van der Waals surface area (Å²) in [6.45, 7) is 4.24. The van der Waals surface area contributed by atoms with Crippen LogP contribution < -0.4 is 4.74 Å². The van der Waals surface area contributed by atoms with E-state index in [0.29, 0.717) is 52.5 Å². The fraction of sp³-hybridized carbons (Fsp3) is 0.250. The lowest BCUT2D eigenvalue weighted by Gasteiger charge is -2.23. The van der Waals surface area contributed by atoms with E-state index in [1.54, 1.807) is 25.6 Å². The maximum absolute atomic E-state index is 15.4. The average Bonchev–Trinajstić information content (AvgIpc) is 3.52. The molecular weight excluding hydrogens is 521 g/mol. The number of hydrogen-bond acceptors (Lipinski definition) is 5. The molecule has 0 bridgehead atoms. The second kappa shape index (κ2) is 10.2. The molecule has 206 valence electrons. The minimum Gasteiger partial charge on any atom is -0.490 e. The van der Waals surface area contributed by atoms with Crippen molar-refractivity contribution in [3.05, 3.63) is 82.6 Å². The summed E-state index contributed by atoms with van der Waals surface area (Å²) in [5, 5.41) is 10.6. The molecule has 0 atom stereocenters. The number of carbonyl (C=O) groups is 1. The molecule has 0 radical (unpaired) electrons. The predicted molar refractivity (Wildman–Crippen MR) is 153 cm³/mol. The Labute approximate surface area is 236 Å². The summed E-state index contributed by atoms with van der Waals surface area (Å²) in [6.07, 6.45) is 6.37. The molecule has 4 aromatic heterocycles. The first-order valence-corrected chi connectivity index (χ1v) is 13.3.